The quantitative estimate of drug-likeness (QED) is 0.766. The molecule has 2 aromatic heterocycles. The fraction of sp³-hybridized carbons (Fsp3) is 0.609. The van der Waals surface area contributed by atoms with Crippen LogP contribution in [0.5, 0.6) is 0 Å². The predicted molar refractivity (Wildman–Crippen MR) is 117 cm³/mol. The number of nitrogens with zero attached hydrogens (tertiary/aromatic N) is 4. The third kappa shape index (κ3) is 4.69. The minimum Gasteiger partial charge on any atom is -0.360 e. The number of rotatable bonds is 6. The maximum Gasteiger partial charge on any atom is 0.253 e. The minimum absolute atomic E-state index is 0.0744. The topological polar surface area (TPSA) is 83.6 Å². The van der Waals surface area contributed by atoms with Gasteiger partial charge in [0.25, 0.3) is 5.91 Å². The molecule has 0 unspecified atom stereocenters. The van der Waals surface area contributed by atoms with Gasteiger partial charge in [-0.05, 0) is 39.7 Å². The molecule has 1 aliphatic carbocycles. The molecule has 1 saturated carbocycles. The minimum atomic E-state index is -0.0744. The second-order valence-electron chi connectivity index (χ2n) is 8.82. The fourth-order valence-electron chi connectivity index (χ4n) is 4.85. The van der Waals surface area contributed by atoms with Crippen molar-refractivity contribution >= 4 is 11.8 Å². The molecular formula is C23H33N5O3. The molecule has 2 aliphatic rings. The molecule has 0 radical (unpaired) electrons. The average Bonchev–Trinajstić information content (AvgIpc) is 3.49. The number of hydrogen-bond acceptors (Lipinski definition) is 5. The van der Waals surface area contributed by atoms with Crippen molar-refractivity contribution in [3.8, 4) is 5.82 Å². The third-order valence-corrected chi connectivity index (χ3v) is 6.62. The Morgan fingerprint density at radius 1 is 1.10 bits per heavy atom. The SMILES string of the molecule is Cc1cc(-n2c(C)cc(C(=O)NCCN3CCN(C(=O)C4CCCC4)CC3)c2C)no1. The maximum atomic E-state index is 12.8. The highest BCUT2D eigenvalue weighted by molar-refractivity contribution is 5.95. The standard InChI is InChI=1S/C23H33N5O3/c1-16-14-20(18(3)28(16)21-15-17(2)31-25-21)22(29)24-8-9-26-10-12-27(13-11-26)23(30)19-6-4-5-7-19/h14-15,19H,4-13H2,1-3H3,(H,24,29). The molecule has 0 spiro atoms. The Kier molecular flexibility index (Phi) is 6.46. The molecule has 2 amide bonds. The fourth-order valence-corrected chi connectivity index (χ4v) is 4.85. The Hall–Kier alpha value is -2.61. The Bertz CT molecular complexity index is 933. The Morgan fingerprint density at radius 3 is 2.45 bits per heavy atom. The summed E-state index contributed by atoms with van der Waals surface area (Å²) in [6.45, 7) is 10.4. The Balaban J connectivity index is 1.25. The highest BCUT2D eigenvalue weighted by Gasteiger charge is 2.29. The molecule has 3 heterocycles. The first-order valence-corrected chi connectivity index (χ1v) is 11.4. The Morgan fingerprint density at radius 2 is 1.81 bits per heavy atom. The van der Waals surface area contributed by atoms with Gasteiger partial charge in [-0.2, -0.15) is 0 Å². The molecule has 8 nitrogen and oxygen atoms in total. The Labute approximate surface area is 183 Å². The first kappa shape index (κ1) is 21.6. The molecule has 2 fully saturated rings. The van der Waals surface area contributed by atoms with Crippen LogP contribution in [0.1, 0.15) is 53.2 Å². The third-order valence-electron chi connectivity index (χ3n) is 6.62. The van der Waals surface area contributed by atoms with Crippen molar-refractivity contribution in [2.75, 3.05) is 39.3 Å². The first-order chi connectivity index (χ1) is 14.9. The van der Waals surface area contributed by atoms with Crippen LogP contribution in [-0.4, -0.2) is 70.6 Å². The van der Waals surface area contributed by atoms with Crippen molar-refractivity contribution < 1.29 is 14.1 Å². The van der Waals surface area contributed by atoms with E-state index in [4.69, 9.17) is 4.52 Å². The van der Waals surface area contributed by atoms with Crippen LogP contribution in [0.4, 0.5) is 0 Å². The summed E-state index contributed by atoms with van der Waals surface area (Å²) >= 11 is 0. The number of nitrogens with one attached hydrogen (secondary N) is 1. The normalized spacial score (nSPS) is 18.0. The second kappa shape index (κ2) is 9.26. The van der Waals surface area contributed by atoms with Crippen LogP contribution in [0, 0.1) is 26.7 Å². The molecule has 0 aromatic carbocycles. The number of aryl methyl sites for hydroxylation is 2. The first-order valence-electron chi connectivity index (χ1n) is 11.4. The van der Waals surface area contributed by atoms with Gasteiger partial charge in [0.05, 0.1) is 5.56 Å². The van der Waals surface area contributed by atoms with Gasteiger partial charge >= 0.3 is 0 Å². The highest BCUT2D eigenvalue weighted by Crippen LogP contribution is 2.27. The van der Waals surface area contributed by atoms with E-state index in [1.54, 1.807) is 0 Å². The zero-order chi connectivity index (χ0) is 22.0. The number of aromatic nitrogens is 2. The van der Waals surface area contributed by atoms with E-state index in [0.29, 0.717) is 23.8 Å². The predicted octanol–water partition coefficient (Wildman–Crippen LogP) is 2.45. The molecule has 1 N–H and O–H groups in total. The van der Waals surface area contributed by atoms with E-state index in [1.165, 1.54) is 12.8 Å². The molecule has 0 bridgehead atoms. The highest BCUT2D eigenvalue weighted by atomic mass is 16.5. The van der Waals surface area contributed by atoms with Gasteiger partial charge in [0, 0.05) is 62.6 Å². The summed E-state index contributed by atoms with van der Waals surface area (Å²) < 4.78 is 7.12. The number of carbonyl (C=O) groups is 2. The van der Waals surface area contributed by atoms with Crippen molar-refractivity contribution in [2.24, 2.45) is 5.92 Å². The summed E-state index contributed by atoms with van der Waals surface area (Å²) in [7, 11) is 0. The van der Waals surface area contributed by atoms with Gasteiger partial charge in [-0.25, -0.2) is 0 Å². The number of hydrogen-bond donors (Lipinski definition) is 1. The van der Waals surface area contributed by atoms with E-state index in [0.717, 1.165) is 62.7 Å². The summed E-state index contributed by atoms with van der Waals surface area (Å²) in [4.78, 5) is 29.7. The number of piperazine rings is 1. The van der Waals surface area contributed by atoms with Gasteiger partial charge in [0.15, 0.2) is 5.82 Å². The van der Waals surface area contributed by atoms with Crippen molar-refractivity contribution in [1.82, 2.24) is 24.8 Å². The maximum absolute atomic E-state index is 12.8. The molecule has 8 heteroatoms. The van der Waals surface area contributed by atoms with E-state index in [1.807, 2.05) is 42.4 Å². The molecule has 4 rings (SSSR count). The van der Waals surface area contributed by atoms with Crippen LogP contribution >= 0.6 is 0 Å². The number of amides is 2. The summed E-state index contributed by atoms with van der Waals surface area (Å²) in [5, 5.41) is 7.11. The van der Waals surface area contributed by atoms with Crippen molar-refractivity contribution in [1.29, 1.82) is 0 Å². The number of carbonyl (C=O) groups excluding carboxylic acids is 2. The zero-order valence-electron chi connectivity index (χ0n) is 18.8. The molecule has 31 heavy (non-hydrogen) atoms. The summed E-state index contributed by atoms with van der Waals surface area (Å²) in [6.07, 6.45) is 4.50. The molecular weight excluding hydrogens is 394 g/mol. The lowest BCUT2D eigenvalue weighted by molar-refractivity contribution is -0.137. The zero-order valence-corrected chi connectivity index (χ0v) is 18.8. The van der Waals surface area contributed by atoms with Crippen molar-refractivity contribution in [3.63, 3.8) is 0 Å². The molecule has 1 aliphatic heterocycles. The van der Waals surface area contributed by atoms with E-state index in [9.17, 15) is 9.59 Å². The van der Waals surface area contributed by atoms with E-state index >= 15 is 0 Å². The van der Waals surface area contributed by atoms with Crippen LogP contribution < -0.4 is 5.32 Å². The van der Waals surface area contributed by atoms with Gasteiger partial charge in [0.1, 0.15) is 5.76 Å². The summed E-state index contributed by atoms with van der Waals surface area (Å²) in [5.41, 5.74) is 2.45. The van der Waals surface area contributed by atoms with Gasteiger partial charge in [-0.15, -0.1) is 0 Å². The average molecular weight is 428 g/mol. The van der Waals surface area contributed by atoms with Crippen molar-refractivity contribution in [2.45, 2.75) is 46.5 Å². The molecule has 2 aromatic rings. The lowest BCUT2D eigenvalue weighted by Crippen LogP contribution is -2.51. The van der Waals surface area contributed by atoms with E-state index in [2.05, 4.69) is 15.4 Å². The van der Waals surface area contributed by atoms with Gasteiger partial charge in [-0.3, -0.25) is 19.1 Å². The molecule has 1 saturated heterocycles. The summed E-state index contributed by atoms with van der Waals surface area (Å²) in [6, 6.07) is 3.75. The van der Waals surface area contributed by atoms with Crippen molar-refractivity contribution in [3.05, 3.63) is 34.8 Å². The van der Waals surface area contributed by atoms with Crippen LogP contribution in [0.3, 0.4) is 0 Å². The monoisotopic (exact) mass is 427 g/mol. The van der Waals surface area contributed by atoms with Crippen LogP contribution in [0.15, 0.2) is 16.7 Å². The van der Waals surface area contributed by atoms with Gasteiger partial charge in [-0.1, -0.05) is 18.0 Å². The molecule has 168 valence electrons. The van der Waals surface area contributed by atoms with E-state index < -0.39 is 0 Å². The largest absolute Gasteiger partial charge is 0.360 e. The smallest absolute Gasteiger partial charge is 0.253 e. The van der Waals surface area contributed by atoms with Gasteiger partial charge < -0.3 is 14.7 Å². The van der Waals surface area contributed by atoms with Gasteiger partial charge in [0.2, 0.25) is 5.91 Å². The molecule has 0 atom stereocenters. The lowest BCUT2D eigenvalue weighted by atomic mass is 10.1. The van der Waals surface area contributed by atoms with Crippen LogP contribution in [0.25, 0.3) is 5.82 Å². The van der Waals surface area contributed by atoms with Crippen LogP contribution in [-0.2, 0) is 4.79 Å². The van der Waals surface area contributed by atoms with E-state index in [-0.39, 0.29) is 11.8 Å². The van der Waals surface area contributed by atoms with Crippen LogP contribution in [0.2, 0.25) is 0 Å². The lowest BCUT2D eigenvalue weighted by Gasteiger charge is -2.36. The summed E-state index contributed by atoms with van der Waals surface area (Å²) in [5.74, 6) is 1.96. The second-order valence-corrected chi connectivity index (χ2v) is 8.82.